The molecular formula is C8H18N2O2S2. The molecule has 0 aliphatic carbocycles. The monoisotopic (exact) mass is 238 g/mol. The van der Waals surface area contributed by atoms with Crippen LogP contribution in [0.4, 0.5) is 0 Å². The lowest BCUT2D eigenvalue weighted by Crippen LogP contribution is -2.33. The van der Waals surface area contributed by atoms with Gasteiger partial charge >= 0.3 is 0 Å². The zero-order chi connectivity index (χ0) is 10.4. The smallest absolute Gasteiger partial charge is 0.208 e. The van der Waals surface area contributed by atoms with E-state index in [4.69, 9.17) is 0 Å². The summed E-state index contributed by atoms with van der Waals surface area (Å²) in [7, 11) is -3.02. The molecule has 0 bridgehead atoms. The van der Waals surface area contributed by atoms with Gasteiger partial charge in [-0.25, -0.2) is 13.1 Å². The second-order valence-electron chi connectivity index (χ2n) is 3.60. The van der Waals surface area contributed by atoms with Crippen molar-refractivity contribution in [3.63, 3.8) is 0 Å². The Balaban J connectivity index is 1.94. The lowest BCUT2D eigenvalue weighted by atomic mass is 10.1. The van der Waals surface area contributed by atoms with E-state index in [0.717, 1.165) is 12.5 Å². The van der Waals surface area contributed by atoms with E-state index < -0.39 is 10.0 Å². The molecule has 14 heavy (non-hydrogen) atoms. The fraction of sp³-hybridized carbons (Fsp3) is 1.00. The van der Waals surface area contributed by atoms with Gasteiger partial charge in [0.1, 0.15) is 0 Å². The molecular weight excluding hydrogens is 220 g/mol. The van der Waals surface area contributed by atoms with E-state index in [2.05, 4.69) is 10.0 Å². The highest BCUT2D eigenvalue weighted by Crippen LogP contribution is 2.22. The number of hydrogen-bond acceptors (Lipinski definition) is 4. The van der Waals surface area contributed by atoms with E-state index in [1.807, 2.05) is 11.8 Å². The molecule has 1 saturated heterocycles. The molecule has 1 unspecified atom stereocenters. The highest BCUT2D eigenvalue weighted by molar-refractivity contribution is 7.99. The summed E-state index contributed by atoms with van der Waals surface area (Å²) in [6, 6.07) is 0. The Kier molecular flexibility index (Phi) is 5.22. The van der Waals surface area contributed by atoms with Gasteiger partial charge in [0.15, 0.2) is 0 Å². The molecule has 0 saturated carbocycles. The zero-order valence-electron chi connectivity index (χ0n) is 8.45. The fourth-order valence-corrected chi connectivity index (χ4v) is 3.13. The first-order chi connectivity index (χ1) is 6.58. The minimum absolute atomic E-state index is 0.485. The maximum atomic E-state index is 10.7. The highest BCUT2D eigenvalue weighted by Gasteiger charge is 2.14. The Morgan fingerprint density at radius 1 is 1.43 bits per heavy atom. The van der Waals surface area contributed by atoms with Crippen molar-refractivity contribution in [2.45, 2.75) is 6.42 Å². The summed E-state index contributed by atoms with van der Waals surface area (Å²) in [6.07, 6.45) is 2.47. The Morgan fingerprint density at radius 3 is 2.79 bits per heavy atom. The van der Waals surface area contributed by atoms with E-state index in [9.17, 15) is 8.42 Å². The molecule has 0 aromatic carbocycles. The van der Waals surface area contributed by atoms with Crippen molar-refractivity contribution in [1.82, 2.24) is 10.0 Å². The van der Waals surface area contributed by atoms with Crippen molar-refractivity contribution in [1.29, 1.82) is 0 Å². The van der Waals surface area contributed by atoms with Crippen LogP contribution in [0.2, 0.25) is 0 Å². The van der Waals surface area contributed by atoms with Crippen LogP contribution in [0.3, 0.4) is 0 Å². The summed E-state index contributed by atoms with van der Waals surface area (Å²) in [4.78, 5) is 0. The third-order valence-electron chi connectivity index (χ3n) is 2.12. The summed E-state index contributed by atoms with van der Waals surface area (Å²) in [6.45, 7) is 2.21. The molecule has 0 amide bonds. The quantitative estimate of drug-likeness (QED) is 0.633. The van der Waals surface area contributed by atoms with Gasteiger partial charge in [-0.3, -0.25) is 0 Å². The van der Waals surface area contributed by atoms with Gasteiger partial charge in [0.25, 0.3) is 0 Å². The molecule has 0 radical (unpaired) electrons. The van der Waals surface area contributed by atoms with Crippen molar-refractivity contribution in [3.05, 3.63) is 0 Å². The lowest BCUT2D eigenvalue weighted by Gasteiger charge is -2.09. The minimum Gasteiger partial charge on any atom is -0.315 e. The van der Waals surface area contributed by atoms with Gasteiger partial charge in [0.2, 0.25) is 10.0 Å². The molecule has 1 fully saturated rings. The number of hydrogen-bond donors (Lipinski definition) is 2. The zero-order valence-corrected chi connectivity index (χ0v) is 10.1. The van der Waals surface area contributed by atoms with E-state index >= 15 is 0 Å². The predicted molar refractivity (Wildman–Crippen MR) is 61.1 cm³/mol. The van der Waals surface area contributed by atoms with Crippen LogP contribution in [0.1, 0.15) is 6.42 Å². The Bertz CT molecular complexity index is 248. The third kappa shape index (κ3) is 5.85. The molecule has 1 rings (SSSR count). The van der Waals surface area contributed by atoms with E-state index in [-0.39, 0.29) is 0 Å². The number of thioether (sulfide) groups is 1. The second-order valence-corrected chi connectivity index (χ2v) is 6.58. The first-order valence-corrected chi connectivity index (χ1v) is 7.85. The molecule has 0 spiro atoms. The first-order valence-electron chi connectivity index (χ1n) is 4.81. The Hall–Kier alpha value is 0.220. The van der Waals surface area contributed by atoms with Gasteiger partial charge in [-0.15, -0.1) is 0 Å². The average Bonchev–Trinajstić information content (AvgIpc) is 2.54. The highest BCUT2D eigenvalue weighted by atomic mass is 32.2. The second kappa shape index (κ2) is 5.95. The third-order valence-corrected chi connectivity index (χ3v) is 4.08. The van der Waals surface area contributed by atoms with Crippen LogP contribution in [-0.4, -0.2) is 45.8 Å². The van der Waals surface area contributed by atoms with E-state index in [1.165, 1.54) is 24.2 Å². The van der Waals surface area contributed by atoms with Crippen LogP contribution in [0.15, 0.2) is 0 Å². The maximum absolute atomic E-state index is 10.7. The van der Waals surface area contributed by atoms with Crippen molar-refractivity contribution in [2.24, 2.45) is 5.92 Å². The summed E-state index contributed by atoms with van der Waals surface area (Å²) >= 11 is 2.00. The van der Waals surface area contributed by atoms with Gasteiger partial charge in [-0.2, -0.15) is 11.8 Å². The van der Waals surface area contributed by atoms with Crippen LogP contribution in [0, 0.1) is 5.92 Å². The number of sulfonamides is 1. The fourth-order valence-electron chi connectivity index (χ4n) is 1.38. The minimum atomic E-state index is -3.02. The normalized spacial score (nSPS) is 22.8. The molecule has 0 aromatic heterocycles. The van der Waals surface area contributed by atoms with Crippen LogP contribution in [0.5, 0.6) is 0 Å². The molecule has 2 N–H and O–H groups in total. The van der Waals surface area contributed by atoms with Gasteiger partial charge in [0.05, 0.1) is 6.26 Å². The molecule has 1 heterocycles. The summed E-state index contributed by atoms with van der Waals surface area (Å²) in [5.41, 5.74) is 0. The summed E-state index contributed by atoms with van der Waals surface area (Å²) in [5, 5.41) is 3.26. The van der Waals surface area contributed by atoms with E-state index in [0.29, 0.717) is 13.1 Å². The Morgan fingerprint density at radius 2 is 2.21 bits per heavy atom. The number of nitrogens with one attached hydrogen (secondary N) is 2. The largest absolute Gasteiger partial charge is 0.315 e. The summed E-state index contributed by atoms with van der Waals surface area (Å²) < 4.78 is 23.9. The maximum Gasteiger partial charge on any atom is 0.208 e. The van der Waals surface area contributed by atoms with Gasteiger partial charge in [-0.05, 0) is 30.4 Å². The standard InChI is InChI=1S/C8H18N2O2S2/c1-14(11,12)10-4-3-9-6-8-2-5-13-7-8/h8-10H,2-7H2,1H3. The molecule has 84 valence electrons. The average molecular weight is 238 g/mol. The van der Waals surface area contributed by atoms with Crippen molar-refractivity contribution in [2.75, 3.05) is 37.4 Å². The Labute approximate surface area is 90.3 Å². The molecule has 1 atom stereocenters. The van der Waals surface area contributed by atoms with Crippen molar-refractivity contribution in [3.8, 4) is 0 Å². The van der Waals surface area contributed by atoms with E-state index in [1.54, 1.807) is 0 Å². The summed E-state index contributed by atoms with van der Waals surface area (Å²) in [5.74, 6) is 3.29. The molecule has 1 aliphatic rings. The SMILES string of the molecule is CS(=O)(=O)NCCNCC1CCSC1. The molecule has 0 aromatic rings. The van der Waals surface area contributed by atoms with Gasteiger partial charge in [0, 0.05) is 13.1 Å². The van der Waals surface area contributed by atoms with Crippen LogP contribution >= 0.6 is 11.8 Å². The molecule has 6 heteroatoms. The van der Waals surface area contributed by atoms with Gasteiger partial charge in [-0.1, -0.05) is 0 Å². The lowest BCUT2D eigenvalue weighted by molar-refractivity contribution is 0.521. The molecule has 1 aliphatic heterocycles. The molecule has 4 nitrogen and oxygen atoms in total. The van der Waals surface area contributed by atoms with Crippen LogP contribution < -0.4 is 10.0 Å². The van der Waals surface area contributed by atoms with Crippen LogP contribution in [-0.2, 0) is 10.0 Å². The predicted octanol–water partition coefficient (Wildman–Crippen LogP) is -0.122. The van der Waals surface area contributed by atoms with Crippen LogP contribution in [0.25, 0.3) is 0 Å². The number of rotatable bonds is 6. The topological polar surface area (TPSA) is 58.2 Å². The van der Waals surface area contributed by atoms with Crippen molar-refractivity contribution < 1.29 is 8.42 Å². The van der Waals surface area contributed by atoms with Gasteiger partial charge < -0.3 is 5.32 Å². The van der Waals surface area contributed by atoms with Crippen molar-refractivity contribution >= 4 is 21.8 Å². The first kappa shape index (κ1) is 12.3.